The Labute approximate surface area is 134 Å². The number of carbonyl (C=O) groups is 3. The molecular formula is C17H19NO5. The Balaban J connectivity index is 1.72. The highest BCUT2D eigenvalue weighted by atomic mass is 16.7. The van der Waals surface area contributed by atoms with E-state index in [-0.39, 0.29) is 17.0 Å². The van der Waals surface area contributed by atoms with Crippen molar-refractivity contribution in [3.63, 3.8) is 0 Å². The summed E-state index contributed by atoms with van der Waals surface area (Å²) in [5.74, 6) is -1.85. The van der Waals surface area contributed by atoms with Crippen molar-refractivity contribution in [1.29, 1.82) is 0 Å². The first-order valence-electron chi connectivity index (χ1n) is 7.86. The molecule has 0 N–H and O–H groups in total. The predicted molar refractivity (Wildman–Crippen MR) is 80.4 cm³/mol. The number of hydroxylamine groups is 2. The maximum atomic E-state index is 12.4. The number of methoxy groups -OCH3 is 1. The predicted octanol–water partition coefficient (Wildman–Crippen LogP) is 2.34. The van der Waals surface area contributed by atoms with Crippen LogP contribution in [0.4, 0.5) is 0 Å². The zero-order valence-electron chi connectivity index (χ0n) is 13.0. The lowest BCUT2D eigenvalue weighted by Gasteiger charge is -2.28. The van der Waals surface area contributed by atoms with Crippen molar-refractivity contribution in [2.45, 2.75) is 38.2 Å². The van der Waals surface area contributed by atoms with E-state index < -0.39 is 23.9 Å². The molecule has 0 bridgehead atoms. The van der Waals surface area contributed by atoms with Crippen molar-refractivity contribution in [3.05, 3.63) is 35.4 Å². The fourth-order valence-electron chi connectivity index (χ4n) is 3.31. The number of imide groups is 1. The van der Waals surface area contributed by atoms with Gasteiger partial charge in [0.1, 0.15) is 0 Å². The minimum absolute atomic E-state index is 0.0661. The lowest BCUT2D eigenvalue weighted by atomic mass is 9.85. The van der Waals surface area contributed by atoms with E-state index in [9.17, 15) is 14.4 Å². The summed E-state index contributed by atoms with van der Waals surface area (Å²) in [5.41, 5.74) is 0.494. The Morgan fingerprint density at radius 2 is 1.65 bits per heavy atom. The molecule has 1 heterocycles. The highest BCUT2D eigenvalue weighted by Crippen LogP contribution is 2.29. The Morgan fingerprint density at radius 3 is 2.17 bits per heavy atom. The highest BCUT2D eigenvalue weighted by molar-refractivity contribution is 6.20. The quantitative estimate of drug-likeness (QED) is 0.797. The lowest BCUT2D eigenvalue weighted by Crippen LogP contribution is -2.41. The number of hydrogen-bond donors (Lipinski definition) is 0. The summed E-state index contributed by atoms with van der Waals surface area (Å²) in [6.07, 6.45) is 4.27. The molecular weight excluding hydrogens is 298 g/mol. The van der Waals surface area contributed by atoms with Crippen molar-refractivity contribution in [2.75, 3.05) is 7.11 Å². The van der Waals surface area contributed by atoms with Crippen LogP contribution in [0.25, 0.3) is 0 Å². The summed E-state index contributed by atoms with van der Waals surface area (Å²) >= 11 is 0. The Hall–Kier alpha value is -2.21. The number of hydrogen-bond acceptors (Lipinski definition) is 5. The molecule has 1 aromatic carbocycles. The van der Waals surface area contributed by atoms with Gasteiger partial charge in [-0.25, -0.2) is 4.79 Å². The van der Waals surface area contributed by atoms with Crippen LogP contribution in [-0.2, 0) is 14.4 Å². The smallest absolute Gasteiger partial charge is 0.361 e. The molecule has 6 heteroatoms. The van der Waals surface area contributed by atoms with Gasteiger partial charge in [-0.2, -0.15) is 0 Å². The third kappa shape index (κ3) is 2.86. The minimum Gasteiger partial charge on any atom is -0.369 e. The monoisotopic (exact) mass is 317 g/mol. The van der Waals surface area contributed by atoms with Gasteiger partial charge in [0.15, 0.2) is 6.10 Å². The van der Waals surface area contributed by atoms with Gasteiger partial charge >= 0.3 is 5.97 Å². The molecule has 1 atom stereocenters. The van der Waals surface area contributed by atoms with Gasteiger partial charge in [-0.05, 0) is 30.9 Å². The van der Waals surface area contributed by atoms with Crippen LogP contribution >= 0.6 is 0 Å². The number of nitrogens with zero attached hydrogens (tertiary/aromatic N) is 1. The Kier molecular flexibility index (Phi) is 4.43. The molecule has 1 aliphatic carbocycles. The average molecular weight is 317 g/mol. The van der Waals surface area contributed by atoms with Gasteiger partial charge in [-0.3, -0.25) is 9.59 Å². The first kappa shape index (κ1) is 15.7. The van der Waals surface area contributed by atoms with Gasteiger partial charge in [-0.1, -0.05) is 36.5 Å². The second kappa shape index (κ2) is 6.50. The van der Waals surface area contributed by atoms with Gasteiger partial charge in [0.25, 0.3) is 11.8 Å². The molecule has 1 aromatic rings. The normalized spacial score (nSPS) is 19.6. The molecule has 6 nitrogen and oxygen atoms in total. The maximum absolute atomic E-state index is 12.4. The number of ether oxygens (including phenoxy) is 1. The van der Waals surface area contributed by atoms with Gasteiger partial charge in [0.05, 0.1) is 11.1 Å². The summed E-state index contributed by atoms with van der Waals surface area (Å²) in [6.45, 7) is 0. The third-order valence-electron chi connectivity index (χ3n) is 4.50. The zero-order valence-corrected chi connectivity index (χ0v) is 13.0. The third-order valence-corrected chi connectivity index (χ3v) is 4.50. The number of amides is 2. The molecule has 1 fully saturated rings. The highest BCUT2D eigenvalue weighted by Gasteiger charge is 2.41. The van der Waals surface area contributed by atoms with E-state index >= 15 is 0 Å². The van der Waals surface area contributed by atoms with Crippen LogP contribution in [0.2, 0.25) is 0 Å². The van der Waals surface area contributed by atoms with Crippen molar-refractivity contribution < 1.29 is 24.0 Å². The first-order valence-corrected chi connectivity index (χ1v) is 7.86. The largest absolute Gasteiger partial charge is 0.369 e. The molecule has 3 rings (SSSR count). The van der Waals surface area contributed by atoms with Crippen LogP contribution < -0.4 is 0 Å². The van der Waals surface area contributed by atoms with Crippen LogP contribution in [0.15, 0.2) is 24.3 Å². The van der Waals surface area contributed by atoms with Crippen molar-refractivity contribution in [3.8, 4) is 0 Å². The van der Waals surface area contributed by atoms with E-state index in [0.717, 1.165) is 32.1 Å². The summed E-state index contributed by atoms with van der Waals surface area (Å²) in [7, 11) is 1.45. The first-order chi connectivity index (χ1) is 11.1. The lowest BCUT2D eigenvalue weighted by molar-refractivity contribution is -0.184. The molecule has 0 aromatic heterocycles. The molecule has 2 amide bonds. The van der Waals surface area contributed by atoms with Crippen LogP contribution in [0.3, 0.4) is 0 Å². The molecule has 2 aliphatic rings. The molecule has 122 valence electrons. The molecule has 1 saturated carbocycles. The van der Waals surface area contributed by atoms with E-state index in [2.05, 4.69) is 0 Å². The number of rotatable bonds is 4. The van der Waals surface area contributed by atoms with Crippen molar-refractivity contribution in [1.82, 2.24) is 5.06 Å². The van der Waals surface area contributed by atoms with Gasteiger partial charge in [-0.15, -0.1) is 0 Å². The van der Waals surface area contributed by atoms with Gasteiger partial charge < -0.3 is 9.57 Å². The second-order valence-electron chi connectivity index (χ2n) is 5.91. The second-order valence-corrected chi connectivity index (χ2v) is 5.91. The Morgan fingerprint density at radius 1 is 1.09 bits per heavy atom. The number of benzene rings is 1. The van der Waals surface area contributed by atoms with Crippen LogP contribution in [-0.4, -0.2) is 36.1 Å². The number of fused-ring (bicyclic) bond motifs is 1. The van der Waals surface area contributed by atoms with Crippen molar-refractivity contribution >= 4 is 17.8 Å². The van der Waals surface area contributed by atoms with E-state index in [1.807, 2.05) is 0 Å². The molecule has 23 heavy (non-hydrogen) atoms. The minimum atomic E-state index is -0.750. The fourth-order valence-corrected chi connectivity index (χ4v) is 3.31. The number of carbonyl (C=O) groups excluding carboxylic acids is 3. The molecule has 0 saturated heterocycles. The summed E-state index contributed by atoms with van der Waals surface area (Å²) in [5, 5.41) is 0.543. The van der Waals surface area contributed by atoms with Gasteiger partial charge in [0, 0.05) is 7.11 Å². The van der Waals surface area contributed by atoms with E-state index in [1.54, 1.807) is 24.3 Å². The van der Waals surface area contributed by atoms with E-state index in [1.165, 1.54) is 7.11 Å². The summed E-state index contributed by atoms with van der Waals surface area (Å²) in [6, 6.07) is 6.40. The SMILES string of the molecule is COC(C(=O)ON1C(=O)c2ccccc2C1=O)C1CCCCC1. The summed E-state index contributed by atoms with van der Waals surface area (Å²) in [4.78, 5) is 41.9. The maximum Gasteiger partial charge on any atom is 0.361 e. The topological polar surface area (TPSA) is 72.9 Å². The van der Waals surface area contributed by atoms with Gasteiger partial charge in [0.2, 0.25) is 0 Å². The van der Waals surface area contributed by atoms with Crippen LogP contribution in [0.5, 0.6) is 0 Å². The zero-order chi connectivity index (χ0) is 16.4. The molecule has 0 spiro atoms. The van der Waals surface area contributed by atoms with Crippen LogP contribution in [0, 0.1) is 5.92 Å². The molecule has 1 unspecified atom stereocenters. The summed E-state index contributed by atoms with van der Waals surface area (Å²) < 4.78 is 5.29. The van der Waals surface area contributed by atoms with Crippen LogP contribution in [0.1, 0.15) is 52.8 Å². The molecule has 1 aliphatic heterocycles. The van der Waals surface area contributed by atoms with E-state index in [0.29, 0.717) is 5.06 Å². The fraction of sp³-hybridized carbons (Fsp3) is 0.471. The average Bonchev–Trinajstić information content (AvgIpc) is 2.82. The Bertz CT molecular complexity index is 601. The standard InChI is InChI=1S/C17H19NO5/c1-22-14(11-7-3-2-4-8-11)17(21)23-18-15(19)12-9-5-6-10-13(12)16(18)20/h5-6,9-11,14H,2-4,7-8H2,1H3. The molecule has 0 radical (unpaired) electrons. The van der Waals surface area contributed by atoms with Crippen molar-refractivity contribution in [2.24, 2.45) is 5.92 Å². The van der Waals surface area contributed by atoms with E-state index in [4.69, 9.17) is 9.57 Å².